The van der Waals surface area contributed by atoms with E-state index in [-0.39, 0.29) is 5.91 Å². The van der Waals surface area contributed by atoms with Crippen molar-refractivity contribution in [3.63, 3.8) is 0 Å². The number of aryl methyl sites for hydroxylation is 1. The Morgan fingerprint density at radius 2 is 1.90 bits per heavy atom. The van der Waals surface area contributed by atoms with Gasteiger partial charge >= 0.3 is 0 Å². The number of carbonyl (C=O) groups is 1. The van der Waals surface area contributed by atoms with Crippen molar-refractivity contribution in [1.82, 2.24) is 9.88 Å². The van der Waals surface area contributed by atoms with Crippen LogP contribution in [0.25, 0.3) is 0 Å². The average molecular weight is 272 g/mol. The van der Waals surface area contributed by atoms with E-state index in [0.29, 0.717) is 6.54 Å². The Morgan fingerprint density at radius 3 is 2.40 bits per heavy atom. The Labute approximate surface area is 119 Å². The average Bonchev–Trinajstić information content (AvgIpc) is 2.73. The highest BCUT2D eigenvalue weighted by atomic mass is 16.5. The third kappa shape index (κ3) is 2.85. The van der Waals surface area contributed by atoms with Crippen molar-refractivity contribution in [3.8, 4) is 5.75 Å². The first-order valence-electron chi connectivity index (χ1n) is 6.57. The van der Waals surface area contributed by atoms with E-state index >= 15 is 0 Å². The fraction of sp³-hybridized carbons (Fsp3) is 0.312. The van der Waals surface area contributed by atoms with Gasteiger partial charge in [0.05, 0.1) is 12.7 Å². The molecule has 1 aromatic heterocycles. The molecule has 1 aromatic carbocycles. The highest BCUT2D eigenvalue weighted by molar-refractivity contribution is 5.95. The molecule has 0 spiro atoms. The van der Waals surface area contributed by atoms with E-state index in [1.54, 1.807) is 7.11 Å². The number of rotatable bonds is 4. The normalized spacial score (nSPS) is 10.4. The van der Waals surface area contributed by atoms with Gasteiger partial charge in [-0.1, -0.05) is 12.1 Å². The summed E-state index contributed by atoms with van der Waals surface area (Å²) in [6.07, 6.45) is 0. The van der Waals surface area contributed by atoms with Gasteiger partial charge in [0.25, 0.3) is 5.91 Å². The zero-order chi connectivity index (χ0) is 14.7. The van der Waals surface area contributed by atoms with Gasteiger partial charge in [0, 0.05) is 25.0 Å². The quantitative estimate of drug-likeness (QED) is 0.929. The zero-order valence-electron chi connectivity index (χ0n) is 12.4. The first-order valence-corrected chi connectivity index (χ1v) is 6.57. The molecule has 1 heterocycles. The first-order chi connectivity index (χ1) is 9.52. The molecule has 0 aliphatic carbocycles. The fourth-order valence-electron chi connectivity index (χ4n) is 2.11. The number of nitrogens with zero attached hydrogens (tertiary/aromatic N) is 1. The minimum atomic E-state index is -0.0398. The summed E-state index contributed by atoms with van der Waals surface area (Å²) in [6, 6.07) is 9.59. The second-order valence-corrected chi connectivity index (χ2v) is 4.87. The molecule has 1 amide bonds. The number of amides is 1. The third-order valence-electron chi connectivity index (χ3n) is 3.63. The Morgan fingerprint density at radius 1 is 1.25 bits per heavy atom. The summed E-state index contributed by atoms with van der Waals surface area (Å²) in [5.41, 5.74) is 3.84. The van der Waals surface area contributed by atoms with Crippen LogP contribution in [0.15, 0.2) is 30.3 Å². The predicted octanol–water partition coefficient (Wildman–Crippen LogP) is 2.58. The van der Waals surface area contributed by atoms with Gasteiger partial charge in [-0.25, -0.2) is 0 Å². The molecule has 0 aliphatic rings. The smallest absolute Gasteiger partial charge is 0.253 e. The van der Waals surface area contributed by atoms with Crippen molar-refractivity contribution < 1.29 is 9.53 Å². The lowest BCUT2D eigenvalue weighted by Crippen LogP contribution is -2.23. The van der Waals surface area contributed by atoms with Crippen molar-refractivity contribution >= 4 is 5.91 Å². The van der Waals surface area contributed by atoms with Gasteiger partial charge < -0.3 is 14.6 Å². The Balaban J connectivity index is 2.02. The Hall–Kier alpha value is -2.23. The molecule has 0 saturated heterocycles. The van der Waals surface area contributed by atoms with E-state index in [1.165, 1.54) is 0 Å². The molecule has 2 rings (SSSR count). The molecule has 2 aromatic rings. The fourth-order valence-corrected chi connectivity index (χ4v) is 2.11. The van der Waals surface area contributed by atoms with Crippen molar-refractivity contribution in [2.24, 2.45) is 7.05 Å². The van der Waals surface area contributed by atoms with Crippen molar-refractivity contribution in [2.45, 2.75) is 20.4 Å². The van der Waals surface area contributed by atoms with E-state index in [1.807, 2.05) is 55.8 Å². The third-order valence-corrected chi connectivity index (χ3v) is 3.63. The molecule has 0 radical (unpaired) electrons. The number of nitrogens with one attached hydrogen (secondary N) is 1. The molecule has 4 heteroatoms. The molecular weight excluding hydrogens is 252 g/mol. The Bertz CT molecular complexity index is 612. The highest BCUT2D eigenvalue weighted by Gasteiger charge is 2.13. The molecule has 0 atom stereocenters. The van der Waals surface area contributed by atoms with Gasteiger partial charge in [-0.3, -0.25) is 4.79 Å². The van der Waals surface area contributed by atoms with Crippen LogP contribution in [0.1, 0.15) is 27.3 Å². The summed E-state index contributed by atoms with van der Waals surface area (Å²) in [5, 5.41) is 2.94. The van der Waals surface area contributed by atoms with Crippen molar-refractivity contribution in [1.29, 1.82) is 0 Å². The molecule has 0 fully saturated rings. The number of aromatic nitrogens is 1. The minimum Gasteiger partial charge on any atom is -0.497 e. The van der Waals surface area contributed by atoms with Crippen molar-refractivity contribution in [2.75, 3.05) is 7.11 Å². The summed E-state index contributed by atoms with van der Waals surface area (Å²) in [6.45, 7) is 4.46. The number of benzene rings is 1. The maximum atomic E-state index is 12.2. The maximum Gasteiger partial charge on any atom is 0.253 e. The van der Waals surface area contributed by atoms with Gasteiger partial charge in [-0.2, -0.15) is 0 Å². The number of ether oxygens (including phenoxy) is 1. The lowest BCUT2D eigenvalue weighted by atomic mass is 10.2. The monoisotopic (exact) mass is 272 g/mol. The van der Waals surface area contributed by atoms with Gasteiger partial charge in [-0.15, -0.1) is 0 Å². The van der Waals surface area contributed by atoms with Crippen LogP contribution in [0.2, 0.25) is 0 Å². The van der Waals surface area contributed by atoms with E-state index < -0.39 is 0 Å². The SMILES string of the molecule is COc1ccc(CNC(=O)c2cc(C)n(C)c2C)cc1. The lowest BCUT2D eigenvalue weighted by Gasteiger charge is -2.06. The summed E-state index contributed by atoms with van der Waals surface area (Å²) < 4.78 is 7.12. The van der Waals surface area contributed by atoms with E-state index in [2.05, 4.69) is 5.32 Å². The van der Waals surface area contributed by atoms with Gasteiger partial charge in [0.15, 0.2) is 0 Å². The largest absolute Gasteiger partial charge is 0.497 e. The minimum absolute atomic E-state index is 0.0398. The van der Waals surface area contributed by atoms with E-state index in [0.717, 1.165) is 28.3 Å². The molecule has 106 valence electrons. The van der Waals surface area contributed by atoms with Gasteiger partial charge in [0.1, 0.15) is 5.75 Å². The van der Waals surface area contributed by atoms with Crippen LogP contribution in [-0.4, -0.2) is 17.6 Å². The number of carbonyl (C=O) groups excluding carboxylic acids is 1. The second kappa shape index (κ2) is 5.82. The number of methoxy groups -OCH3 is 1. The summed E-state index contributed by atoms with van der Waals surface area (Å²) >= 11 is 0. The van der Waals surface area contributed by atoms with Crippen LogP contribution in [0.5, 0.6) is 5.75 Å². The van der Waals surface area contributed by atoms with Crippen LogP contribution in [-0.2, 0) is 13.6 Å². The molecule has 0 aliphatic heterocycles. The molecule has 0 unspecified atom stereocenters. The number of hydrogen-bond acceptors (Lipinski definition) is 2. The van der Waals surface area contributed by atoms with Crippen LogP contribution in [0.3, 0.4) is 0 Å². The molecule has 4 nitrogen and oxygen atoms in total. The first kappa shape index (κ1) is 14.2. The van der Waals surface area contributed by atoms with Crippen LogP contribution in [0, 0.1) is 13.8 Å². The highest BCUT2D eigenvalue weighted by Crippen LogP contribution is 2.14. The topological polar surface area (TPSA) is 43.3 Å². The van der Waals surface area contributed by atoms with Crippen LogP contribution >= 0.6 is 0 Å². The van der Waals surface area contributed by atoms with Crippen LogP contribution < -0.4 is 10.1 Å². The second-order valence-electron chi connectivity index (χ2n) is 4.87. The summed E-state index contributed by atoms with van der Waals surface area (Å²) in [5.74, 6) is 0.775. The maximum absolute atomic E-state index is 12.2. The van der Waals surface area contributed by atoms with E-state index in [4.69, 9.17) is 4.74 Å². The zero-order valence-corrected chi connectivity index (χ0v) is 12.4. The van der Waals surface area contributed by atoms with Crippen LogP contribution in [0.4, 0.5) is 0 Å². The molecule has 20 heavy (non-hydrogen) atoms. The Kier molecular flexibility index (Phi) is 4.13. The molecule has 1 N–H and O–H groups in total. The summed E-state index contributed by atoms with van der Waals surface area (Å²) in [7, 11) is 3.60. The molecule has 0 bridgehead atoms. The standard InChI is InChI=1S/C16H20N2O2/c1-11-9-15(12(2)18(11)3)16(19)17-10-13-5-7-14(20-4)8-6-13/h5-9H,10H2,1-4H3,(H,17,19). The molecular formula is C16H20N2O2. The predicted molar refractivity (Wildman–Crippen MR) is 79.1 cm³/mol. The van der Waals surface area contributed by atoms with E-state index in [9.17, 15) is 4.79 Å². The van der Waals surface area contributed by atoms with Gasteiger partial charge in [-0.05, 0) is 37.6 Å². The van der Waals surface area contributed by atoms with Gasteiger partial charge in [0.2, 0.25) is 0 Å². The number of hydrogen-bond donors (Lipinski definition) is 1. The summed E-state index contributed by atoms with van der Waals surface area (Å²) in [4.78, 5) is 12.2. The van der Waals surface area contributed by atoms with Crippen molar-refractivity contribution in [3.05, 3.63) is 52.8 Å². The lowest BCUT2D eigenvalue weighted by molar-refractivity contribution is 0.0950. The molecule has 0 saturated carbocycles.